The third-order valence-electron chi connectivity index (χ3n) is 3.40. The summed E-state index contributed by atoms with van der Waals surface area (Å²) in [6.07, 6.45) is -3.55. The van der Waals surface area contributed by atoms with Gasteiger partial charge in [-0.1, -0.05) is 6.92 Å². The van der Waals surface area contributed by atoms with Gasteiger partial charge in [-0.3, -0.25) is 0 Å². The number of sulfone groups is 1. The number of aromatic nitrogens is 5. The van der Waals surface area contributed by atoms with Crippen LogP contribution in [0.4, 0.5) is 13.2 Å². The lowest BCUT2D eigenvalue weighted by atomic mass is 10.3. The van der Waals surface area contributed by atoms with Gasteiger partial charge in [-0.05, 0) is 6.07 Å². The largest absolute Gasteiger partial charge is 0.433 e. The molecule has 0 radical (unpaired) electrons. The monoisotopic (exact) mass is 377 g/mol. The molecule has 7 nitrogen and oxygen atoms in total. The Labute approximate surface area is 138 Å². The third kappa shape index (κ3) is 2.65. The van der Waals surface area contributed by atoms with Crippen molar-refractivity contribution in [2.24, 2.45) is 7.05 Å². The van der Waals surface area contributed by atoms with Gasteiger partial charge < -0.3 is 4.57 Å². The molecule has 0 atom stereocenters. The van der Waals surface area contributed by atoms with Gasteiger partial charge in [-0.2, -0.15) is 21.9 Å². The van der Waals surface area contributed by atoms with Gasteiger partial charge in [0.15, 0.2) is 26.4 Å². The van der Waals surface area contributed by atoms with Gasteiger partial charge >= 0.3 is 6.18 Å². The van der Waals surface area contributed by atoms with E-state index in [0.717, 1.165) is 12.3 Å². The standard InChI is InChI=1S/C12H10F3N5O2S2/c1-3-24(21,22)11-9(18-23-19-11)10-17-6-4-8(12(13,14)15)16-5-7(6)20(10)2/h4-5H,3H2,1-2H3. The number of fused-ring (bicyclic) bond motifs is 1. The highest BCUT2D eigenvalue weighted by atomic mass is 32.2. The van der Waals surface area contributed by atoms with E-state index in [9.17, 15) is 21.6 Å². The molecule has 0 unspecified atom stereocenters. The molecule has 3 heterocycles. The molecular formula is C12H10F3N5O2S2. The fourth-order valence-electron chi connectivity index (χ4n) is 2.11. The molecule has 0 aliphatic heterocycles. The Morgan fingerprint density at radius 3 is 2.62 bits per heavy atom. The molecule has 3 aromatic heterocycles. The molecular weight excluding hydrogens is 367 g/mol. The van der Waals surface area contributed by atoms with Crippen molar-refractivity contribution in [3.05, 3.63) is 18.0 Å². The van der Waals surface area contributed by atoms with E-state index in [1.54, 1.807) is 7.05 Å². The van der Waals surface area contributed by atoms with Gasteiger partial charge in [0.1, 0.15) is 5.69 Å². The molecule has 12 heteroatoms. The summed E-state index contributed by atoms with van der Waals surface area (Å²) in [5, 5.41) is -0.225. The zero-order valence-corrected chi connectivity index (χ0v) is 14.0. The summed E-state index contributed by atoms with van der Waals surface area (Å²) in [6, 6.07) is 0.812. The topological polar surface area (TPSA) is 90.6 Å². The lowest BCUT2D eigenvalue weighted by Gasteiger charge is -2.04. The summed E-state index contributed by atoms with van der Waals surface area (Å²) < 4.78 is 71.6. The van der Waals surface area contributed by atoms with E-state index in [-0.39, 0.29) is 27.8 Å². The van der Waals surface area contributed by atoms with Crippen LogP contribution in [0.5, 0.6) is 0 Å². The molecule has 24 heavy (non-hydrogen) atoms. The van der Waals surface area contributed by atoms with Crippen LogP contribution in [0.25, 0.3) is 22.6 Å². The first-order valence-corrected chi connectivity index (χ1v) is 8.98. The van der Waals surface area contributed by atoms with Crippen LogP contribution in [0.1, 0.15) is 12.6 Å². The lowest BCUT2D eigenvalue weighted by Crippen LogP contribution is -2.07. The van der Waals surface area contributed by atoms with Crippen LogP contribution in [-0.2, 0) is 23.1 Å². The normalized spacial score (nSPS) is 12.9. The molecule has 0 saturated carbocycles. The van der Waals surface area contributed by atoms with Gasteiger partial charge in [0, 0.05) is 7.05 Å². The molecule has 0 N–H and O–H groups in total. The number of imidazole rings is 1. The minimum atomic E-state index is -4.59. The fraction of sp³-hybridized carbons (Fsp3) is 0.333. The average Bonchev–Trinajstić information content (AvgIpc) is 3.11. The Hall–Kier alpha value is -2.08. The molecule has 0 bridgehead atoms. The molecule has 0 amide bonds. The van der Waals surface area contributed by atoms with Crippen LogP contribution in [-0.4, -0.2) is 37.5 Å². The highest BCUT2D eigenvalue weighted by molar-refractivity contribution is 7.91. The smallest absolute Gasteiger partial charge is 0.324 e. The highest BCUT2D eigenvalue weighted by Crippen LogP contribution is 2.32. The van der Waals surface area contributed by atoms with Gasteiger partial charge in [0.05, 0.1) is 34.7 Å². The second-order valence-corrected chi connectivity index (χ2v) is 7.59. The van der Waals surface area contributed by atoms with Crippen molar-refractivity contribution in [2.45, 2.75) is 18.1 Å². The van der Waals surface area contributed by atoms with E-state index < -0.39 is 21.7 Å². The van der Waals surface area contributed by atoms with E-state index in [4.69, 9.17) is 0 Å². The first-order valence-electron chi connectivity index (χ1n) is 6.60. The minimum Gasteiger partial charge on any atom is -0.324 e. The predicted octanol–water partition coefficient (Wildman–Crippen LogP) is 2.30. The van der Waals surface area contributed by atoms with Crippen molar-refractivity contribution < 1.29 is 21.6 Å². The summed E-state index contributed by atoms with van der Waals surface area (Å²) >= 11 is 0.701. The first-order chi connectivity index (χ1) is 11.1. The van der Waals surface area contributed by atoms with Crippen molar-refractivity contribution in [3.8, 4) is 11.5 Å². The van der Waals surface area contributed by atoms with Gasteiger partial charge in [-0.25, -0.2) is 18.4 Å². The number of pyridine rings is 1. The Morgan fingerprint density at radius 2 is 2.00 bits per heavy atom. The van der Waals surface area contributed by atoms with Crippen LogP contribution >= 0.6 is 11.7 Å². The Bertz CT molecular complexity index is 1020. The van der Waals surface area contributed by atoms with Crippen LogP contribution in [0.3, 0.4) is 0 Å². The second kappa shape index (κ2) is 5.48. The van der Waals surface area contributed by atoms with Gasteiger partial charge in [-0.15, -0.1) is 0 Å². The SMILES string of the molecule is CCS(=O)(=O)c1nsnc1-c1nc2cc(C(F)(F)F)ncc2n1C. The molecule has 0 fully saturated rings. The predicted molar refractivity (Wildman–Crippen MR) is 80.1 cm³/mol. The number of hydrogen-bond acceptors (Lipinski definition) is 7. The molecule has 0 spiro atoms. The van der Waals surface area contributed by atoms with Crippen LogP contribution in [0.15, 0.2) is 17.3 Å². The van der Waals surface area contributed by atoms with E-state index in [1.807, 2.05) is 0 Å². The zero-order valence-electron chi connectivity index (χ0n) is 12.4. The Morgan fingerprint density at radius 1 is 1.29 bits per heavy atom. The van der Waals surface area contributed by atoms with Crippen LogP contribution < -0.4 is 0 Å². The minimum absolute atomic E-state index is 0.0223. The van der Waals surface area contributed by atoms with E-state index in [2.05, 4.69) is 18.7 Å². The summed E-state index contributed by atoms with van der Waals surface area (Å²) in [5.41, 5.74) is -0.680. The average molecular weight is 377 g/mol. The first kappa shape index (κ1) is 16.8. The van der Waals surface area contributed by atoms with Crippen molar-refractivity contribution in [3.63, 3.8) is 0 Å². The van der Waals surface area contributed by atoms with Gasteiger partial charge in [0.2, 0.25) is 0 Å². The maximum Gasteiger partial charge on any atom is 0.433 e. The number of halogens is 3. The highest BCUT2D eigenvalue weighted by Gasteiger charge is 2.33. The van der Waals surface area contributed by atoms with Crippen LogP contribution in [0.2, 0.25) is 0 Å². The number of alkyl halides is 3. The zero-order chi connectivity index (χ0) is 17.7. The van der Waals surface area contributed by atoms with Crippen molar-refractivity contribution in [2.75, 3.05) is 5.75 Å². The maximum atomic E-state index is 12.8. The number of hydrogen-bond donors (Lipinski definition) is 0. The summed E-state index contributed by atoms with van der Waals surface area (Å²) in [6.45, 7) is 1.47. The van der Waals surface area contributed by atoms with E-state index >= 15 is 0 Å². The quantitative estimate of drug-likeness (QED) is 0.696. The third-order valence-corrected chi connectivity index (χ3v) is 5.68. The molecule has 0 aliphatic carbocycles. The lowest BCUT2D eigenvalue weighted by molar-refractivity contribution is -0.141. The molecule has 0 aliphatic rings. The summed E-state index contributed by atoms with van der Waals surface area (Å²) in [4.78, 5) is 7.48. The number of rotatable bonds is 3. The van der Waals surface area contributed by atoms with E-state index in [1.165, 1.54) is 11.5 Å². The fourth-order valence-corrected chi connectivity index (χ4v) is 3.88. The van der Waals surface area contributed by atoms with Crippen molar-refractivity contribution in [1.29, 1.82) is 0 Å². The number of nitrogens with zero attached hydrogens (tertiary/aromatic N) is 5. The molecule has 0 saturated heterocycles. The summed E-state index contributed by atoms with van der Waals surface area (Å²) in [5.74, 6) is -0.0540. The molecule has 0 aromatic carbocycles. The Kier molecular flexibility index (Phi) is 3.83. The summed E-state index contributed by atoms with van der Waals surface area (Å²) in [7, 11) is -2.09. The second-order valence-electron chi connectivity index (χ2n) is 4.87. The molecule has 3 rings (SSSR count). The maximum absolute atomic E-state index is 12.8. The van der Waals surface area contributed by atoms with Crippen molar-refractivity contribution >= 4 is 32.6 Å². The molecule has 128 valence electrons. The Balaban J connectivity index is 2.23. The van der Waals surface area contributed by atoms with E-state index in [0.29, 0.717) is 17.2 Å². The number of aryl methyl sites for hydroxylation is 1. The molecule has 3 aromatic rings. The van der Waals surface area contributed by atoms with Crippen molar-refractivity contribution in [1.82, 2.24) is 23.3 Å². The van der Waals surface area contributed by atoms with Crippen LogP contribution in [0, 0.1) is 0 Å². The van der Waals surface area contributed by atoms with Gasteiger partial charge in [0.25, 0.3) is 0 Å².